The Kier molecular flexibility index (Phi) is 9.46. The fourth-order valence-corrected chi connectivity index (χ4v) is 2.79. The van der Waals surface area contributed by atoms with Crippen LogP contribution in [0.5, 0.6) is 0 Å². The summed E-state index contributed by atoms with van der Waals surface area (Å²) < 4.78 is 16.8. The van der Waals surface area contributed by atoms with E-state index in [2.05, 4.69) is 9.24 Å². The van der Waals surface area contributed by atoms with Gasteiger partial charge in [-0.15, -0.1) is 9.24 Å². The minimum Gasteiger partial charge on any atom is -0.432 e. The molecule has 2 rings (SSSR count). The van der Waals surface area contributed by atoms with E-state index in [1.54, 1.807) is 36.4 Å². The molecule has 0 aromatic heterocycles. The third-order valence-electron chi connectivity index (χ3n) is 4.28. The van der Waals surface area contributed by atoms with Crippen LogP contribution in [0.4, 0.5) is 0 Å². The highest BCUT2D eigenvalue weighted by Gasteiger charge is 2.18. The summed E-state index contributed by atoms with van der Waals surface area (Å²) in [5.41, 5.74) is 1.51. The van der Waals surface area contributed by atoms with E-state index in [0.717, 1.165) is 0 Å². The van der Waals surface area contributed by atoms with Crippen LogP contribution in [-0.4, -0.2) is 36.6 Å². The van der Waals surface area contributed by atoms with E-state index < -0.39 is 12.3 Å². The maximum atomic E-state index is 12.5. The molecular formula is C23H29O5P. The average molecular weight is 416 g/mol. The first-order valence-corrected chi connectivity index (χ1v) is 10.5. The summed E-state index contributed by atoms with van der Waals surface area (Å²) in [5.74, 6) is -0.465. The zero-order valence-corrected chi connectivity index (χ0v) is 18.3. The second-order valence-corrected chi connectivity index (χ2v) is 7.77. The third kappa shape index (κ3) is 7.69. The van der Waals surface area contributed by atoms with E-state index in [1.165, 1.54) is 0 Å². The normalized spacial score (nSPS) is 14.1. The molecule has 0 aliphatic carbocycles. The van der Waals surface area contributed by atoms with Gasteiger partial charge in [-0.25, -0.2) is 4.79 Å². The Morgan fingerprint density at radius 2 is 1.52 bits per heavy atom. The first kappa shape index (κ1) is 23.2. The molecule has 4 atom stereocenters. The lowest BCUT2D eigenvalue weighted by atomic mass is 10.0. The topological polar surface area (TPSA) is 61.8 Å². The summed E-state index contributed by atoms with van der Waals surface area (Å²) in [6.45, 7) is 6.35. The molecule has 156 valence electrons. The predicted molar refractivity (Wildman–Crippen MR) is 116 cm³/mol. The molecule has 0 radical (unpaired) electrons. The number of ether oxygens (including phenoxy) is 3. The Hall–Kier alpha value is -2.07. The largest absolute Gasteiger partial charge is 0.432 e. The Labute approximate surface area is 174 Å². The minimum absolute atomic E-state index is 0.0869. The van der Waals surface area contributed by atoms with Crippen molar-refractivity contribution in [1.82, 2.24) is 0 Å². The molecule has 5 nitrogen and oxygen atoms in total. The fraction of sp³-hybridized carbons (Fsp3) is 0.391. The lowest BCUT2D eigenvalue weighted by Gasteiger charge is -2.22. The van der Waals surface area contributed by atoms with Crippen LogP contribution in [0.25, 0.3) is 0 Å². The number of hydrogen-bond donors (Lipinski definition) is 0. The summed E-state index contributed by atoms with van der Waals surface area (Å²) in [7, 11) is 2.58. The van der Waals surface area contributed by atoms with Crippen LogP contribution in [0.15, 0.2) is 54.6 Å². The zero-order valence-electron chi connectivity index (χ0n) is 17.2. The van der Waals surface area contributed by atoms with Gasteiger partial charge in [0.15, 0.2) is 5.78 Å². The Morgan fingerprint density at radius 1 is 0.931 bits per heavy atom. The van der Waals surface area contributed by atoms with Crippen LogP contribution < -0.4 is 0 Å². The Balaban J connectivity index is 1.91. The summed E-state index contributed by atoms with van der Waals surface area (Å²) in [6.07, 6.45) is 0.531. The summed E-state index contributed by atoms with van der Waals surface area (Å²) in [4.78, 5) is 24.9. The molecule has 4 unspecified atom stereocenters. The van der Waals surface area contributed by atoms with Gasteiger partial charge in [0.2, 0.25) is 6.29 Å². The highest BCUT2D eigenvalue weighted by Crippen LogP contribution is 2.15. The summed E-state index contributed by atoms with van der Waals surface area (Å²) in [6, 6.07) is 15.5. The Bertz CT molecular complexity index is 774. The lowest BCUT2D eigenvalue weighted by Crippen LogP contribution is -2.26. The Morgan fingerprint density at radius 3 is 2.10 bits per heavy atom. The van der Waals surface area contributed by atoms with Crippen molar-refractivity contribution >= 4 is 21.0 Å². The number of carbonyl (C=O) groups is 2. The van der Waals surface area contributed by atoms with Gasteiger partial charge in [-0.3, -0.25) is 4.79 Å². The van der Waals surface area contributed by atoms with E-state index >= 15 is 0 Å². The standard InChI is InChI=1S/C23H29O5P/c1-4-21(27-16(2)14-15-26-17(3)29)28-23(25)20-12-10-19(11-13-20)22(24)18-8-6-5-7-9-18/h5-13,16-17,21H,4,14-15,29H2,1-3H3. The van der Waals surface area contributed by atoms with E-state index in [4.69, 9.17) is 14.2 Å². The average Bonchev–Trinajstić information content (AvgIpc) is 2.73. The number of rotatable bonds is 11. The van der Waals surface area contributed by atoms with Gasteiger partial charge in [0.25, 0.3) is 0 Å². The van der Waals surface area contributed by atoms with Crippen LogP contribution in [-0.2, 0) is 14.2 Å². The maximum Gasteiger partial charge on any atom is 0.340 e. The molecule has 0 aliphatic rings. The lowest BCUT2D eigenvalue weighted by molar-refractivity contribution is -0.142. The van der Waals surface area contributed by atoms with Gasteiger partial charge in [0.1, 0.15) is 0 Å². The van der Waals surface area contributed by atoms with Crippen LogP contribution in [0.3, 0.4) is 0 Å². The monoisotopic (exact) mass is 416 g/mol. The van der Waals surface area contributed by atoms with Gasteiger partial charge in [-0.05, 0) is 32.4 Å². The predicted octanol–water partition coefficient (Wildman–Crippen LogP) is 4.84. The first-order chi connectivity index (χ1) is 13.9. The van der Waals surface area contributed by atoms with Gasteiger partial charge in [0, 0.05) is 24.2 Å². The van der Waals surface area contributed by atoms with Crippen molar-refractivity contribution in [2.75, 3.05) is 6.61 Å². The second-order valence-electron chi connectivity index (χ2n) is 6.83. The highest BCUT2D eigenvalue weighted by molar-refractivity contribution is 7.17. The maximum absolute atomic E-state index is 12.5. The quantitative estimate of drug-likeness (QED) is 0.227. The van der Waals surface area contributed by atoms with Gasteiger partial charge in [-0.2, -0.15) is 0 Å². The van der Waals surface area contributed by atoms with Crippen LogP contribution in [0.1, 0.15) is 59.9 Å². The highest BCUT2D eigenvalue weighted by atomic mass is 31.0. The molecule has 0 bridgehead atoms. The molecule has 0 saturated heterocycles. The van der Waals surface area contributed by atoms with Crippen molar-refractivity contribution in [3.8, 4) is 0 Å². The number of carbonyl (C=O) groups excluding carboxylic acids is 2. The first-order valence-electron chi connectivity index (χ1n) is 9.84. The smallest absolute Gasteiger partial charge is 0.340 e. The zero-order chi connectivity index (χ0) is 21.2. The molecule has 6 heteroatoms. The van der Waals surface area contributed by atoms with Crippen molar-refractivity contribution in [1.29, 1.82) is 0 Å². The molecule has 0 amide bonds. The van der Waals surface area contributed by atoms with Crippen molar-refractivity contribution in [3.05, 3.63) is 71.3 Å². The molecule has 2 aromatic rings. The molecule has 0 saturated carbocycles. The summed E-state index contributed by atoms with van der Waals surface area (Å²) >= 11 is 0. The minimum atomic E-state index is -0.628. The third-order valence-corrected chi connectivity index (χ3v) is 4.47. The fourth-order valence-electron chi connectivity index (χ4n) is 2.66. The molecule has 0 aliphatic heterocycles. The molecule has 0 heterocycles. The van der Waals surface area contributed by atoms with Crippen molar-refractivity contribution in [2.45, 2.75) is 51.9 Å². The number of benzene rings is 2. The molecule has 2 aromatic carbocycles. The van der Waals surface area contributed by atoms with Crippen molar-refractivity contribution in [3.63, 3.8) is 0 Å². The van der Waals surface area contributed by atoms with E-state index in [9.17, 15) is 9.59 Å². The number of ketones is 1. The van der Waals surface area contributed by atoms with Crippen LogP contribution >= 0.6 is 9.24 Å². The number of esters is 1. The second kappa shape index (κ2) is 11.8. The van der Waals surface area contributed by atoms with Crippen molar-refractivity contribution in [2.24, 2.45) is 0 Å². The molecule has 0 fully saturated rings. The van der Waals surface area contributed by atoms with Gasteiger partial charge < -0.3 is 14.2 Å². The van der Waals surface area contributed by atoms with Gasteiger partial charge in [-0.1, -0.05) is 49.4 Å². The van der Waals surface area contributed by atoms with E-state index in [1.807, 2.05) is 39.0 Å². The van der Waals surface area contributed by atoms with Gasteiger partial charge >= 0.3 is 5.97 Å². The number of hydrogen-bond acceptors (Lipinski definition) is 5. The van der Waals surface area contributed by atoms with Crippen LogP contribution in [0.2, 0.25) is 0 Å². The molecular weight excluding hydrogens is 387 g/mol. The SMILES string of the molecule is CCC(OC(=O)c1ccc(C(=O)c2ccccc2)cc1)OC(C)CCOC(C)P. The van der Waals surface area contributed by atoms with E-state index in [0.29, 0.717) is 36.1 Å². The van der Waals surface area contributed by atoms with Crippen LogP contribution in [0, 0.1) is 0 Å². The van der Waals surface area contributed by atoms with Gasteiger partial charge in [0.05, 0.1) is 17.5 Å². The molecule has 0 spiro atoms. The van der Waals surface area contributed by atoms with E-state index in [-0.39, 0.29) is 17.7 Å². The summed E-state index contributed by atoms with van der Waals surface area (Å²) in [5, 5.41) is 0. The molecule has 29 heavy (non-hydrogen) atoms. The van der Waals surface area contributed by atoms with Crippen molar-refractivity contribution < 1.29 is 23.8 Å². The molecule has 0 N–H and O–H groups in total.